The third-order valence-corrected chi connectivity index (χ3v) is 4.50. The number of hydrogen-bond donors (Lipinski definition) is 4. The molecule has 0 aromatic carbocycles. The zero-order valence-corrected chi connectivity index (χ0v) is 15.5. The van der Waals surface area contributed by atoms with Crippen LogP contribution in [0.2, 0.25) is 0 Å². The Balaban J connectivity index is 1.71. The number of anilines is 1. The molecule has 2 rings (SSSR count). The van der Waals surface area contributed by atoms with E-state index in [1.165, 1.54) is 0 Å². The van der Waals surface area contributed by atoms with Crippen LogP contribution in [0.15, 0.2) is 23.3 Å². The first-order valence-corrected chi connectivity index (χ1v) is 8.92. The van der Waals surface area contributed by atoms with Crippen LogP contribution in [-0.2, 0) is 9.53 Å². The summed E-state index contributed by atoms with van der Waals surface area (Å²) in [5.41, 5.74) is 0.993. The van der Waals surface area contributed by atoms with Gasteiger partial charge in [-0.15, -0.1) is 0 Å². The Morgan fingerprint density at radius 2 is 2.27 bits per heavy atom. The molecule has 26 heavy (non-hydrogen) atoms. The summed E-state index contributed by atoms with van der Waals surface area (Å²) in [6.45, 7) is 4.59. The molecule has 4 N–H and O–H groups in total. The van der Waals surface area contributed by atoms with E-state index in [1.807, 2.05) is 13.0 Å². The summed E-state index contributed by atoms with van der Waals surface area (Å²) in [7, 11) is 1.69. The van der Waals surface area contributed by atoms with Gasteiger partial charge < -0.3 is 25.8 Å². The number of nitrogens with zero attached hydrogens (tertiary/aromatic N) is 2. The molecular weight excluding hydrogens is 334 g/mol. The highest BCUT2D eigenvalue weighted by Gasteiger charge is 2.34. The lowest BCUT2D eigenvalue weighted by molar-refractivity contribution is -0.116. The van der Waals surface area contributed by atoms with Gasteiger partial charge in [0.25, 0.3) is 0 Å². The molecule has 1 fully saturated rings. The third kappa shape index (κ3) is 6.27. The Morgan fingerprint density at radius 1 is 1.42 bits per heavy atom. The number of nitrogens with one attached hydrogen (secondary N) is 3. The van der Waals surface area contributed by atoms with Crippen molar-refractivity contribution in [1.29, 1.82) is 0 Å². The molecule has 1 atom stereocenters. The molecule has 1 aromatic heterocycles. The molecule has 1 unspecified atom stereocenters. The average Bonchev–Trinajstić information content (AvgIpc) is 3.09. The Bertz CT molecular complexity index is 597. The average molecular weight is 363 g/mol. The molecule has 8 heteroatoms. The van der Waals surface area contributed by atoms with Crippen molar-refractivity contribution in [1.82, 2.24) is 15.6 Å². The lowest BCUT2D eigenvalue weighted by Crippen LogP contribution is -2.45. The highest BCUT2D eigenvalue weighted by atomic mass is 16.5. The van der Waals surface area contributed by atoms with Gasteiger partial charge in [0, 0.05) is 51.4 Å². The standard InChI is InChI=1S/C18H29N5O3/c1-14-3-4-15(21-11-14)23-16(25)5-8-20-17(19-2)22-12-18(6-9-24)7-10-26-13-18/h3-4,11,24H,5-10,12-13H2,1-2H3,(H2,19,20,22)(H,21,23,25). The molecule has 1 amide bonds. The second-order valence-corrected chi connectivity index (χ2v) is 6.65. The normalized spacial score (nSPS) is 20.0. The highest BCUT2D eigenvalue weighted by molar-refractivity contribution is 5.90. The van der Waals surface area contributed by atoms with Crippen molar-refractivity contribution in [3.63, 3.8) is 0 Å². The van der Waals surface area contributed by atoms with E-state index in [1.54, 1.807) is 19.3 Å². The van der Waals surface area contributed by atoms with Gasteiger partial charge in [0.1, 0.15) is 5.82 Å². The Morgan fingerprint density at radius 3 is 2.88 bits per heavy atom. The van der Waals surface area contributed by atoms with E-state index in [0.717, 1.165) is 18.6 Å². The van der Waals surface area contributed by atoms with E-state index in [9.17, 15) is 9.90 Å². The number of aliphatic imine (C=N–C) groups is 1. The molecule has 8 nitrogen and oxygen atoms in total. The maximum absolute atomic E-state index is 12.0. The number of rotatable bonds is 8. The number of aliphatic hydroxyl groups excluding tert-OH is 1. The molecule has 1 aliphatic rings. The van der Waals surface area contributed by atoms with Crippen LogP contribution in [0, 0.1) is 12.3 Å². The minimum atomic E-state index is -0.106. The highest BCUT2D eigenvalue weighted by Crippen LogP contribution is 2.31. The van der Waals surface area contributed by atoms with Gasteiger partial charge in [-0.2, -0.15) is 0 Å². The lowest BCUT2D eigenvalue weighted by Gasteiger charge is -2.27. The van der Waals surface area contributed by atoms with Crippen molar-refractivity contribution in [2.75, 3.05) is 45.3 Å². The number of pyridine rings is 1. The van der Waals surface area contributed by atoms with Gasteiger partial charge in [0.05, 0.1) is 6.61 Å². The molecule has 2 heterocycles. The van der Waals surface area contributed by atoms with Gasteiger partial charge in [-0.25, -0.2) is 4.98 Å². The fourth-order valence-electron chi connectivity index (χ4n) is 2.85. The van der Waals surface area contributed by atoms with E-state index < -0.39 is 0 Å². The molecule has 0 saturated carbocycles. The van der Waals surface area contributed by atoms with Gasteiger partial charge in [-0.3, -0.25) is 9.79 Å². The summed E-state index contributed by atoms with van der Waals surface area (Å²) < 4.78 is 5.49. The topological polar surface area (TPSA) is 108 Å². The van der Waals surface area contributed by atoms with Crippen molar-refractivity contribution >= 4 is 17.7 Å². The van der Waals surface area contributed by atoms with Crippen molar-refractivity contribution in [3.05, 3.63) is 23.9 Å². The van der Waals surface area contributed by atoms with Gasteiger partial charge in [0.2, 0.25) is 5.91 Å². The third-order valence-electron chi connectivity index (χ3n) is 4.50. The van der Waals surface area contributed by atoms with Crippen LogP contribution in [0.25, 0.3) is 0 Å². The van der Waals surface area contributed by atoms with Crippen LogP contribution in [-0.4, -0.2) is 61.9 Å². The Labute approximate surface area is 154 Å². The maximum Gasteiger partial charge on any atom is 0.227 e. The summed E-state index contributed by atoms with van der Waals surface area (Å²) in [6.07, 6.45) is 3.64. The van der Waals surface area contributed by atoms with E-state index in [0.29, 0.717) is 44.3 Å². The zero-order chi connectivity index (χ0) is 18.8. The number of ether oxygens (including phenoxy) is 1. The molecular formula is C18H29N5O3. The van der Waals surface area contributed by atoms with Crippen molar-refractivity contribution in [3.8, 4) is 0 Å². The van der Waals surface area contributed by atoms with Crippen LogP contribution in [0.4, 0.5) is 5.82 Å². The monoisotopic (exact) mass is 363 g/mol. The molecule has 1 aromatic rings. The van der Waals surface area contributed by atoms with Crippen LogP contribution in [0.3, 0.4) is 0 Å². The lowest BCUT2D eigenvalue weighted by atomic mass is 9.84. The number of aliphatic hydroxyl groups is 1. The Hall–Kier alpha value is -2.19. The maximum atomic E-state index is 12.0. The quantitative estimate of drug-likeness (QED) is 0.399. The minimum Gasteiger partial charge on any atom is -0.396 e. The van der Waals surface area contributed by atoms with Crippen LogP contribution < -0.4 is 16.0 Å². The van der Waals surface area contributed by atoms with E-state index in [2.05, 4.69) is 25.9 Å². The van der Waals surface area contributed by atoms with E-state index in [4.69, 9.17) is 4.74 Å². The molecule has 0 aliphatic carbocycles. The molecule has 0 radical (unpaired) electrons. The second kappa shape index (κ2) is 10.1. The van der Waals surface area contributed by atoms with Crippen molar-refractivity contribution in [2.24, 2.45) is 10.4 Å². The first kappa shape index (κ1) is 20.1. The number of hydrogen-bond acceptors (Lipinski definition) is 5. The molecule has 0 spiro atoms. The van der Waals surface area contributed by atoms with Crippen LogP contribution in [0.5, 0.6) is 0 Å². The summed E-state index contributed by atoms with van der Waals surface area (Å²) in [5, 5.41) is 18.4. The van der Waals surface area contributed by atoms with Gasteiger partial charge in [-0.05, 0) is 31.4 Å². The number of guanidine groups is 1. The smallest absolute Gasteiger partial charge is 0.227 e. The molecule has 0 bridgehead atoms. The van der Waals surface area contributed by atoms with Gasteiger partial charge in [-0.1, -0.05) is 6.07 Å². The fraction of sp³-hybridized carbons (Fsp3) is 0.611. The SMILES string of the molecule is CN=C(NCCC(=O)Nc1ccc(C)cn1)NCC1(CCO)CCOC1. The zero-order valence-electron chi connectivity index (χ0n) is 15.5. The van der Waals surface area contributed by atoms with E-state index in [-0.39, 0.29) is 17.9 Å². The number of aryl methyl sites for hydroxylation is 1. The van der Waals surface area contributed by atoms with E-state index >= 15 is 0 Å². The van der Waals surface area contributed by atoms with Gasteiger partial charge >= 0.3 is 0 Å². The number of aromatic nitrogens is 1. The minimum absolute atomic E-state index is 0.0547. The fourth-order valence-corrected chi connectivity index (χ4v) is 2.85. The van der Waals surface area contributed by atoms with Crippen molar-refractivity contribution in [2.45, 2.75) is 26.2 Å². The van der Waals surface area contributed by atoms with Crippen LogP contribution >= 0.6 is 0 Å². The summed E-state index contributed by atoms with van der Waals surface area (Å²) in [6, 6.07) is 3.69. The molecule has 1 saturated heterocycles. The summed E-state index contributed by atoms with van der Waals surface area (Å²) in [4.78, 5) is 20.3. The Kier molecular flexibility index (Phi) is 7.80. The molecule has 1 aliphatic heterocycles. The summed E-state index contributed by atoms with van der Waals surface area (Å²) >= 11 is 0. The predicted molar refractivity (Wildman–Crippen MR) is 101 cm³/mol. The van der Waals surface area contributed by atoms with Crippen LogP contribution in [0.1, 0.15) is 24.8 Å². The molecule has 144 valence electrons. The predicted octanol–water partition coefficient (Wildman–Crippen LogP) is 0.673. The number of carbonyl (C=O) groups is 1. The number of amides is 1. The largest absolute Gasteiger partial charge is 0.396 e. The van der Waals surface area contributed by atoms with Crippen molar-refractivity contribution < 1.29 is 14.6 Å². The second-order valence-electron chi connectivity index (χ2n) is 6.65. The first-order valence-electron chi connectivity index (χ1n) is 8.92. The van der Waals surface area contributed by atoms with Gasteiger partial charge in [0.15, 0.2) is 5.96 Å². The number of carbonyl (C=O) groups excluding carboxylic acids is 1. The first-order chi connectivity index (χ1) is 12.6. The summed E-state index contributed by atoms with van der Waals surface area (Å²) in [5.74, 6) is 1.08.